The van der Waals surface area contributed by atoms with Gasteiger partial charge in [0.15, 0.2) is 0 Å². The lowest BCUT2D eigenvalue weighted by Gasteiger charge is -2.33. The summed E-state index contributed by atoms with van der Waals surface area (Å²) in [6, 6.07) is 4.20. The lowest BCUT2D eigenvalue weighted by molar-refractivity contribution is -0.122. The summed E-state index contributed by atoms with van der Waals surface area (Å²) in [7, 11) is 0. The number of rotatable bonds is 8. The number of carbonyl (C=O) groups is 1. The molecule has 0 aromatic carbocycles. The van der Waals surface area contributed by atoms with Crippen molar-refractivity contribution >= 4 is 11.9 Å². The Kier molecular flexibility index (Phi) is 7.09. The number of anilines is 1. The Balaban J connectivity index is 1.31. The number of carbonyl (C=O) groups excluding carboxylic acids is 1. The number of hydrogen-bond donors (Lipinski definition) is 1. The molecule has 0 unspecified atom stereocenters. The summed E-state index contributed by atoms with van der Waals surface area (Å²) in [5, 5.41) is 3.19. The highest BCUT2D eigenvalue weighted by Gasteiger charge is 2.23. The Morgan fingerprint density at radius 2 is 1.94 bits per heavy atom. The van der Waals surface area contributed by atoms with E-state index in [1.165, 1.54) is 0 Å². The van der Waals surface area contributed by atoms with Crippen LogP contribution in [0.1, 0.15) is 51.1 Å². The molecule has 32 heavy (non-hydrogen) atoms. The van der Waals surface area contributed by atoms with Gasteiger partial charge in [-0.1, -0.05) is 13.8 Å². The van der Waals surface area contributed by atoms with Crippen molar-refractivity contribution in [3.8, 4) is 11.1 Å². The van der Waals surface area contributed by atoms with E-state index < -0.39 is 0 Å². The second-order valence-corrected chi connectivity index (χ2v) is 8.59. The van der Waals surface area contributed by atoms with Gasteiger partial charge in [0.2, 0.25) is 11.9 Å². The number of pyridine rings is 1. The third-order valence-electron chi connectivity index (χ3n) is 5.87. The number of piperidine rings is 1. The molecule has 0 radical (unpaired) electrons. The number of nitrogens with one attached hydrogen (secondary N) is 1. The van der Waals surface area contributed by atoms with Crippen LogP contribution in [-0.2, 0) is 11.3 Å². The zero-order valence-corrected chi connectivity index (χ0v) is 18.8. The van der Waals surface area contributed by atoms with Crippen molar-refractivity contribution in [2.75, 3.05) is 18.0 Å². The molecule has 1 aliphatic heterocycles. The minimum Gasteiger partial charge on any atom is -0.353 e. The van der Waals surface area contributed by atoms with Gasteiger partial charge in [-0.25, -0.2) is 15.0 Å². The summed E-state index contributed by atoms with van der Waals surface area (Å²) in [6.45, 7) is 6.81. The van der Waals surface area contributed by atoms with Crippen LogP contribution >= 0.6 is 0 Å². The molecular formula is C24H31N7O. The van der Waals surface area contributed by atoms with E-state index in [1.54, 1.807) is 24.9 Å². The summed E-state index contributed by atoms with van der Waals surface area (Å²) >= 11 is 0. The highest BCUT2D eigenvalue weighted by atomic mass is 16.1. The highest BCUT2D eigenvalue weighted by Crippen LogP contribution is 2.29. The van der Waals surface area contributed by atoms with Crippen LogP contribution in [0.2, 0.25) is 0 Å². The summed E-state index contributed by atoms with van der Waals surface area (Å²) in [6.07, 6.45) is 14.1. The third kappa shape index (κ3) is 5.49. The van der Waals surface area contributed by atoms with Crippen LogP contribution in [0, 0.1) is 0 Å². The van der Waals surface area contributed by atoms with Gasteiger partial charge >= 0.3 is 0 Å². The van der Waals surface area contributed by atoms with Gasteiger partial charge in [0.05, 0.1) is 12.0 Å². The molecule has 0 aliphatic carbocycles. The second-order valence-electron chi connectivity index (χ2n) is 8.59. The molecule has 168 valence electrons. The molecule has 1 N–H and O–H groups in total. The van der Waals surface area contributed by atoms with Crippen molar-refractivity contribution in [2.24, 2.45) is 0 Å². The highest BCUT2D eigenvalue weighted by molar-refractivity contribution is 5.76. The van der Waals surface area contributed by atoms with Gasteiger partial charge in [0.25, 0.3) is 0 Å². The number of nitrogens with zero attached hydrogens (tertiary/aromatic N) is 6. The standard InChI is InChI=1S/C24H31N7O/c1-18(2)23-21(19-5-9-25-10-6-19)16-27-24(29-23)31-13-7-20(8-14-31)28-22(32)4-3-12-30-15-11-26-17-30/h5-6,9-11,15-18,20H,3-4,7-8,12-14H2,1-2H3,(H,28,32). The van der Waals surface area contributed by atoms with E-state index in [1.807, 2.05) is 29.1 Å². The van der Waals surface area contributed by atoms with Crippen molar-refractivity contribution in [3.63, 3.8) is 0 Å². The summed E-state index contributed by atoms with van der Waals surface area (Å²) in [5.74, 6) is 1.19. The van der Waals surface area contributed by atoms with Crippen LogP contribution in [0.4, 0.5) is 5.95 Å². The Hall–Kier alpha value is -3.29. The number of hydrogen-bond acceptors (Lipinski definition) is 6. The minimum atomic E-state index is 0.128. The average Bonchev–Trinajstić information content (AvgIpc) is 3.33. The molecule has 8 nitrogen and oxygen atoms in total. The molecule has 4 rings (SSSR count). The van der Waals surface area contributed by atoms with Crippen molar-refractivity contribution in [1.82, 2.24) is 29.8 Å². The Bertz CT molecular complexity index is 996. The fraction of sp³-hybridized carbons (Fsp3) is 0.458. The van der Waals surface area contributed by atoms with Crippen molar-refractivity contribution in [1.29, 1.82) is 0 Å². The van der Waals surface area contributed by atoms with Gasteiger partial charge in [0.1, 0.15) is 0 Å². The smallest absolute Gasteiger partial charge is 0.225 e. The van der Waals surface area contributed by atoms with Crippen molar-refractivity contribution < 1.29 is 4.79 Å². The fourth-order valence-corrected chi connectivity index (χ4v) is 4.10. The zero-order chi connectivity index (χ0) is 22.3. The van der Waals surface area contributed by atoms with Crippen LogP contribution in [0.25, 0.3) is 11.1 Å². The van der Waals surface area contributed by atoms with E-state index >= 15 is 0 Å². The molecule has 3 aromatic heterocycles. The van der Waals surface area contributed by atoms with E-state index in [2.05, 4.69) is 39.0 Å². The maximum atomic E-state index is 12.3. The molecule has 0 atom stereocenters. The summed E-state index contributed by atoms with van der Waals surface area (Å²) in [4.78, 5) is 32.3. The van der Waals surface area contributed by atoms with Gasteiger partial charge < -0.3 is 14.8 Å². The Labute approximate surface area is 189 Å². The molecule has 0 spiro atoms. The quantitative estimate of drug-likeness (QED) is 0.586. The zero-order valence-electron chi connectivity index (χ0n) is 18.8. The van der Waals surface area contributed by atoms with Gasteiger partial charge in [0, 0.05) is 68.6 Å². The molecule has 8 heteroatoms. The van der Waals surface area contributed by atoms with Gasteiger partial charge in [-0.15, -0.1) is 0 Å². The minimum absolute atomic E-state index is 0.128. The van der Waals surface area contributed by atoms with Crippen LogP contribution in [-0.4, -0.2) is 49.5 Å². The average molecular weight is 434 g/mol. The first-order valence-corrected chi connectivity index (χ1v) is 11.4. The molecule has 4 heterocycles. The first-order valence-electron chi connectivity index (χ1n) is 11.4. The van der Waals surface area contributed by atoms with E-state index in [-0.39, 0.29) is 11.9 Å². The van der Waals surface area contributed by atoms with Gasteiger partial charge in [-0.05, 0) is 42.9 Å². The fourth-order valence-electron chi connectivity index (χ4n) is 4.10. The van der Waals surface area contributed by atoms with Crippen LogP contribution in [0.15, 0.2) is 49.4 Å². The molecular weight excluding hydrogens is 402 g/mol. The Morgan fingerprint density at radius 1 is 1.16 bits per heavy atom. The monoisotopic (exact) mass is 433 g/mol. The second kappa shape index (κ2) is 10.3. The van der Waals surface area contributed by atoms with Gasteiger partial charge in [-0.3, -0.25) is 9.78 Å². The summed E-state index contributed by atoms with van der Waals surface area (Å²) in [5.41, 5.74) is 3.20. The van der Waals surface area contributed by atoms with E-state index in [0.717, 1.165) is 61.7 Å². The van der Waals surface area contributed by atoms with Gasteiger partial charge in [-0.2, -0.15) is 0 Å². The first-order chi connectivity index (χ1) is 15.6. The molecule has 1 saturated heterocycles. The number of aryl methyl sites for hydroxylation is 1. The Morgan fingerprint density at radius 3 is 2.62 bits per heavy atom. The number of imidazole rings is 1. The molecule has 0 saturated carbocycles. The first kappa shape index (κ1) is 21.9. The van der Waals surface area contributed by atoms with E-state index in [4.69, 9.17) is 4.98 Å². The van der Waals surface area contributed by atoms with Crippen molar-refractivity contribution in [3.05, 3.63) is 55.1 Å². The molecule has 1 fully saturated rings. The summed E-state index contributed by atoms with van der Waals surface area (Å²) < 4.78 is 2.00. The third-order valence-corrected chi connectivity index (χ3v) is 5.87. The predicted molar refractivity (Wildman–Crippen MR) is 124 cm³/mol. The van der Waals surface area contributed by atoms with Crippen LogP contribution < -0.4 is 10.2 Å². The predicted octanol–water partition coefficient (Wildman–Crippen LogP) is 3.42. The molecule has 3 aromatic rings. The number of amides is 1. The van der Waals surface area contributed by atoms with Crippen LogP contribution in [0.3, 0.4) is 0 Å². The van der Waals surface area contributed by atoms with Crippen LogP contribution in [0.5, 0.6) is 0 Å². The topological polar surface area (TPSA) is 88.8 Å². The van der Waals surface area contributed by atoms with Crippen molar-refractivity contribution in [2.45, 2.75) is 58.0 Å². The van der Waals surface area contributed by atoms with E-state index in [0.29, 0.717) is 12.3 Å². The largest absolute Gasteiger partial charge is 0.353 e. The maximum Gasteiger partial charge on any atom is 0.225 e. The molecule has 1 amide bonds. The lowest BCUT2D eigenvalue weighted by atomic mass is 10.00. The maximum absolute atomic E-state index is 12.3. The number of aromatic nitrogens is 5. The normalized spacial score (nSPS) is 14.7. The SMILES string of the molecule is CC(C)c1nc(N2CCC(NC(=O)CCCn3ccnc3)CC2)ncc1-c1ccncc1. The van der Waals surface area contributed by atoms with E-state index in [9.17, 15) is 4.79 Å². The molecule has 1 aliphatic rings. The molecule has 0 bridgehead atoms. The lowest BCUT2D eigenvalue weighted by Crippen LogP contribution is -2.45.